The van der Waals surface area contributed by atoms with Crippen molar-refractivity contribution in [3.05, 3.63) is 12.2 Å². The molecule has 0 atom stereocenters. The first-order valence-corrected chi connectivity index (χ1v) is 7.32. The maximum atomic E-state index is 11.0. The van der Waals surface area contributed by atoms with Gasteiger partial charge in [-0.2, -0.15) is 0 Å². The lowest BCUT2D eigenvalue weighted by molar-refractivity contribution is -0.140. The zero-order valence-electron chi connectivity index (χ0n) is 13.2. The molecule has 0 aliphatic carbocycles. The van der Waals surface area contributed by atoms with Crippen molar-refractivity contribution in [2.45, 2.75) is 20.3 Å². The van der Waals surface area contributed by atoms with E-state index in [1.165, 1.54) is 0 Å². The van der Waals surface area contributed by atoms with Crippen LogP contribution in [-0.2, 0) is 28.5 Å². The molecule has 0 fully saturated rings. The lowest BCUT2D eigenvalue weighted by atomic mass is 10.4. The molecule has 0 saturated heterocycles. The number of esters is 1. The molecule has 0 spiro atoms. The fourth-order valence-corrected chi connectivity index (χ4v) is 1.22. The van der Waals surface area contributed by atoms with E-state index in [0.29, 0.717) is 51.8 Å². The Morgan fingerprint density at radius 2 is 1.14 bits per heavy atom. The molecule has 0 unspecified atom stereocenters. The Labute approximate surface area is 127 Å². The van der Waals surface area contributed by atoms with Gasteiger partial charge in [-0.1, -0.05) is 13.5 Å². The van der Waals surface area contributed by atoms with E-state index in [1.54, 1.807) is 6.92 Å². The first-order valence-electron chi connectivity index (χ1n) is 7.32. The Kier molecular flexibility index (Phi) is 14.7. The van der Waals surface area contributed by atoms with Gasteiger partial charge in [0.25, 0.3) is 0 Å². The minimum absolute atomic E-state index is 0.229. The van der Waals surface area contributed by atoms with Crippen LogP contribution in [0.4, 0.5) is 0 Å². The summed E-state index contributed by atoms with van der Waals surface area (Å²) in [4.78, 5) is 11.0. The second-order valence-corrected chi connectivity index (χ2v) is 4.37. The number of ether oxygens (including phenoxy) is 5. The van der Waals surface area contributed by atoms with E-state index in [-0.39, 0.29) is 6.61 Å². The topological polar surface area (TPSA) is 63.2 Å². The van der Waals surface area contributed by atoms with E-state index in [4.69, 9.17) is 23.7 Å². The van der Waals surface area contributed by atoms with Crippen LogP contribution in [0.3, 0.4) is 0 Å². The molecule has 21 heavy (non-hydrogen) atoms. The highest BCUT2D eigenvalue weighted by Crippen LogP contribution is 1.91. The Morgan fingerprint density at radius 1 is 0.762 bits per heavy atom. The zero-order valence-corrected chi connectivity index (χ0v) is 13.2. The number of carbonyl (C=O) groups excluding carboxylic acids is 1. The average Bonchev–Trinajstić information content (AvgIpc) is 2.47. The van der Waals surface area contributed by atoms with Crippen molar-refractivity contribution in [3.8, 4) is 0 Å². The van der Waals surface area contributed by atoms with Crippen molar-refractivity contribution in [2.75, 3.05) is 59.5 Å². The summed E-state index contributed by atoms with van der Waals surface area (Å²) < 4.78 is 26.0. The molecule has 0 aromatic rings. The Bertz CT molecular complexity index is 267. The maximum Gasteiger partial charge on any atom is 0.333 e. The van der Waals surface area contributed by atoms with Crippen molar-refractivity contribution in [1.82, 2.24) is 0 Å². The van der Waals surface area contributed by atoms with Gasteiger partial charge in [-0.3, -0.25) is 0 Å². The molecule has 0 rings (SSSR count). The average molecular weight is 304 g/mol. The number of rotatable bonds is 15. The fraction of sp³-hybridized carbons (Fsp3) is 0.800. The molecule has 0 aromatic heterocycles. The predicted molar refractivity (Wildman–Crippen MR) is 79.3 cm³/mol. The van der Waals surface area contributed by atoms with Gasteiger partial charge in [-0.25, -0.2) is 4.79 Å². The summed E-state index contributed by atoms with van der Waals surface area (Å²) in [6.07, 6.45) is 1.02. The van der Waals surface area contributed by atoms with Gasteiger partial charge in [0.15, 0.2) is 0 Å². The Balaban J connectivity index is 3.06. The molecular weight excluding hydrogens is 276 g/mol. The molecule has 0 saturated carbocycles. The summed E-state index contributed by atoms with van der Waals surface area (Å²) in [5, 5.41) is 0. The molecule has 124 valence electrons. The van der Waals surface area contributed by atoms with Gasteiger partial charge in [0.1, 0.15) is 6.61 Å². The highest BCUT2D eigenvalue weighted by molar-refractivity contribution is 5.86. The van der Waals surface area contributed by atoms with Crippen LogP contribution in [0.5, 0.6) is 0 Å². The van der Waals surface area contributed by atoms with Crippen LogP contribution in [0, 0.1) is 0 Å². The van der Waals surface area contributed by atoms with Crippen molar-refractivity contribution in [1.29, 1.82) is 0 Å². The zero-order chi connectivity index (χ0) is 15.8. The van der Waals surface area contributed by atoms with Crippen molar-refractivity contribution < 1.29 is 28.5 Å². The summed E-state index contributed by atoms with van der Waals surface area (Å²) in [6, 6.07) is 0. The van der Waals surface area contributed by atoms with Crippen LogP contribution in [0.2, 0.25) is 0 Å². The highest BCUT2D eigenvalue weighted by Gasteiger charge is 2.01. The van der Waals surface area contributed by atoms with Crippen molar-refractivity contribution in [2.24, 2.45) is 0 Å². The van der Waals surface area contributed by atoms with Crippen LogP contribution in [0.15, 0.2) is 12.2 Å². The van der Waals surface area contributed by atoms with Crippen LogP contribution in [-0.4, -0.2) is 65.4 Å². The molecule has 0 radical (unpaired) electrons. The number of hydrogen-bond donors (Lipinski definition) is 0. The summed E-state index contributed by atoms with van der Waals surface area (Å²) in [6.45, 7) is 11.8. The van der Waals surface area contributed by atoms with Gasteiger partial charge < -0.3 is 23.7 Å². The highest BCUT2D eigenvalue weighted by atomic mass is 16.6. The van der Waals surface area contributed by atoms with Crippen LogP contribution < -0.4 is 0 Å². The summed E-state index contributed by atoms with van der Waals surface area (Å²) in [5.41, 5.74) is 0.387. The minimum Gasteiger partial charge on any atom is -0.460 e. The molecule has 0 bridgehead atoms. The molecule has 0 amide bonds. The third kappa shape index (κ3) is 15.3. The Morgan fingerprint density at radius 3 is 1.52 bits per heavy atom. The summed E-state index contributed by atoms with van der Waals surface area (Å²) in [5.74, 6) is -0.394. The second-order valence-electron chi connectivity index (χ2n) is 4.37. The second kappa shape index (κ2) is 15.4. The van der Waals surface area contributed by atoms with E-state index in [0.717, 1.165) is 13.0 Å². The molecule has 0 aliphatic rings. The first kappa shape index (κ1) is 20.1. The molecule has 0 aromatic carbocycles. The van der Waals surface area contributed by atoms with Gasteiger partial charge >= 0.3 is 5.97 Å². The standard InChI is InChI=1S/C15H28O6/c1-4-5-17-6-7-18-8-9-19-10-11-20-12-13-21-15(16)14(2)3/h2,4-13H2,1,3H3. The van der Waals surface area contributed by atoms with Gasteiger partial charge in [0, 0.05) is 12.2 Å². The lowest BCUT2D eigenvalue weighted by Gasteiger charge is -2.07. The molecule has 0 aliphatic heterocycles. The lowest BCUT2D eigenvalue weighted by Crippen LogP contribution is -2.14. The molecule has 6 heteroatoms. The quantitative estimate of drug-likeness (QED) is 0.260. The normalized spacial score (nSPS) is 10.6. The van der Waals surface area contributed by atoms with Crippen LogP contribution in [0.1, 0.15) is 20.3 Å². The summed E-state index contributed by atoms with van der Waals surface area (Å²) in [7, 11) is 0. The van der Waals surface area contributed by atoms with Gasteiger partial charge in [0.05, 0.1) is 46.2 Å². The third-order valence-electron chi connectivity index (χ3n) is 2.27. The van der Waals surface area contributed by atoms with Gasteiger partial charge in [-0.05, 0) is 13.3 Å². The number of hydrogen-bond acceptors (Lipinski definition) is 6. The molecule has 0 N–H and O–H groups in total. The number of carbonyl (C=O) groups is 1. The van der Waals surface area contributed by atoms with E-state index in [9.17, 15) is 4.79 Å². The van der Waals surface area contributed by atoms with Crippen LogP contribution >= 0.6 is 0 Å². The third-order valence-corrected chi connectivity index (χ3v) is 2.27. The maximum absolute atomic E-state index is 11.0. The first-order chi connectivity index (χ1) is 10.2. The SMILES string of the molecule is C=C(C)C(=O)OCCOCCOCCOCCOCCC. The van der Waals surface area contributed by atoms with Crippen molar-refractivity contribution >= 4 is 5.97 Å². The fourth-order valence-electron chi connectivity index (χ4n) is 1.22. The van der Waals surface area contributed by atoms with Gasteiger partial charge in [-0.15, -0.1) is 0 Å². The summed E-state index contributed by atoms with van der Waals surface area (Å²) >= 11 is 0. The van der Waals surface area contributed by atoms with E-state index >= 15 is 0 Å². The van der Waals surface area contributed by atoms with E-state index in [1.807, 2.05) is 0 Å². The minimum atomic E-state index is -0.394. The van der Waals surface area contributed by atoms with E-state index in [2.05, 4.69) is 13.5 Å². The smallest absolute Gasteiger partial charge is 0.333 e. The van der Waals surface area contributed by atoms with E-state index < -0.39 is 5.97 Å². The Hall–Kier alpha value is -0.950. The molecular formula is C15H28O6. The molecule has 6 nitrogen and oxygen atoms in total. The van der Waals surface area contributed by atoms with Crippen molar-refractivity contribution in [3.63, 3.8) is 0 Å². The van der Waals surface area contributed by atoms with Gasteiger partial charge in [0.2, 0.25) is 0 Å². The largest absolute Gasteiger partial charge is 0.460 e. The monoisotopic (exact) mass is 304 g/mol. The predicted octanol–water partition coefficient (Wildman–Crippen LogP) is 1.58. The van der Waals surface area contributed by atoms with Crippen LogP contribution in [0.25, 0.3) is 0 Å². The molecule has 0 heterocycles.